The quantitative estimate of drug-likeness (QED) is 0.547. The molecule has 2 aromatic rings. The third kappa shape index (κ3) is 4.08. The first kappa shape index (κ1) is 26.7. The van der Waals surface area contributed by atoms with E-state index in [2.05, 4.69) is 0 Å². The molecule has 0 radical (unpaired) electrons. The van der Waals surface area contributed by atoms with Crippen LogP contribution in [0.3, 0.4) is 0 Å². The molecule has 1 N–H and O–H groups in total. The van der Waals surface area contributed by atoms with E-state index in [1.807, 2.05) is 61.6 Å². The van der Waals surface area contributed by atoms with Crippen molar-refractivity contribution in [3.05, 3.63) is 89.5 Å². The maximum Gasteiger partial charge on any atom is 0.253 e. The summed E-state index contributed by atoms with van der Waals surface area (Å²) in [5.41, 5.74) is -0.915. The molecule has 1 unspecified atom stereocenters. The predicted octanol–water partition coefficient (Wildman–Crippen LogP) is 3.19. The van der Waals surface area contributed by atoms with Crippen LogP contribution in [0, 0.1) is 11.8 Å². The van der Waals surface area contributed by atoms with Crippen molar-refractivity contribution < 1.29 is 24.2 Å². The molecule has 0 saturated carbocycles. The van der Waals surface area contributed by atoms with Gasteiger partial charge in [0.15, 0.2) is 0 Å². The summed E-state index contributed by atoms with van der Waals surface area (Å²) in [6.45, 7) is 2.90. The number of para-hydroxylation sites is 1. The lowest BCUT2D eigenvalue weighted by atomic mass is 9.74. The van der Waals surface area contributed by atoms with E-state index in [1.165, 1.54) is 4.90 Å². The number of anilines is 1. The van der Waals surface area contributed by atoms with Crippen molar-refractivity contribution in [1.29, 1.82) is 0 Å². The Kier molecular flexibility index (Phi) is 6.81. The zero-order valence-electron chi connectivity index (χ0n) is 22.3. The Morgan fingerprint density at radius 2 is 1.65 bits per heavy atom. The average Bonchev–Trinajstić information content (AvgIpc) is 3.21. The number of halogens is 1. The monoisotopic (exact) mass is 561 g/mol. The summed E-state index contributed by atoms with van der Waals surface area (Å²) in [6, 6.07) is 15.8. The zero-order valence-corrected chi connectivity index (χ0v) is 23.0. The molecule has 6 rings (SSSR count). The summed E-state index contributed by atoms with van der Waals surface area (Å²) in [6.07, 6.45) is 7.74. The van der Waals surface area contributed by atoms with Crippen molar-refractivity contribution in [3.8, 4) is 0 Å². The predicted molar refractivity (Wildman–Crippen MR) is 150 cm³/mol. The Morgan fingerprint density at radius 3 is 2.40 bits per heavy atom. The first-order valence-corrected chi connectivity index (χ1v) is 14.0. The van der Waals surface area contributed by atoms with E-state index in [4.69, 9.17) is 16.3 Å². The molecule has 4 heterocycles. The second kappa shape index (κ2) is 10.2. The van der Waals surface area contributed by atoms with Crippen molar-refractivity contribution in [3.63, 3.8) is 0 Å². The van der Waals surface area contributed by atoms with E-state index in [0.717, 1.165) is 5.56 Å². The van der Waals surface area contributed by atoms with Gasteiger partial charge >= 0.3 is 0 Å². The van der Waals surface area contributed by atoms with Gasteiger partial charge in [-0.05, 0) is 31.0 Å². The Bertz CT molecular complexity index is 1400. The van der Waals surface area contributed by atoms with Gasteiger partial charge in [0.2, 0.25) is 11.8 Å². The molecule has 1 spiro atoms. The van der Waals surface area contributed by atoms with Gasteiger partial charge in [-0.1, -0.05) is 78.4 Å². The number of rotatable bonds is 6. The lowest BCUT2D eigenvalue weighted by molar-refractivity contribution is -0.149. The maximum atomic E-state index is 14.4. The molecule has 3 amide bonds. The van der Waals surface area contributed by atoms with Crippen LogP contribution in [0.2, 0.25) is 5.02 Å². The first-order chi connectivity index (χ1) is 19.3. The van der Waals surface area contributed by atoms with Gasteiger partial charge in [-0.3, -0.25) is 14.4 Å². The summed E-state index contributed by atoms with van der Waals surface area (Å²) < 4.78 is 6.84. The van der Waals surface area contributed by atoms with Crippen molar-refractivity contribution in [2.45, 2.75) is 37.1 Å². The Labute approximate surface area is 238 Å². The maximum absolute atomic E-state index is 14.4. The van der Waals surface area contributed by atoms with Gasteiger partial charge in [0.1, 0.15) is 11.6 Å². The van der Waals surface area contributed by atoms with Crippen molar-refractivity contribution in [2.75, 3.05) is 31.1 Å². The van der Waals surface area contributed by atoms with E-state index in [9.17, 15) is 19.5 Å². The molecule has 4 aliphatic heterocycles. The van der Waals surface area contributed by atoms with E-state index in [1.54, 1.807) is 34.1 Å². The van der Waals surface area contributed by atoms with Crippen LogP contribution in [-0.2, 0) is 25.7 Å². The van der Waals surface area contributed by atoms with Gasteiger partial charge in [0.25, 0.3) is 5.91 Å². The van der Waals surface area contributed by atoms with Crippen LogP contribution in [0.25, 0.3) is 0 Å². The highest BCUT2D eigenvalue weighted by Gasteiger charge is 2.74. The van der Waals surface area contributed by atoms with Crippen LogP contribution >= 0.6 is 11.6 Å². The normalized spacial score (nSPS) is 31.2. The van der Waals surface area contributed by atoms with Crippen molar-refractivity contribution in [1.82, 2.24) is 9.80 Å². The molecular formula is C31H32ClN3O5. The van der Waals surface area contributed by atoms with Gasteiger partial charge in [0.05, 0.1) is 28.1 Å². The zero-order chi connectivity index (χ0) is 28.1. The van der Waals surface area contributed by atoms with E-state index < -0.39 is 29.1 Å². The molecule has 0 aromatic heterocycles. The van der Waals surface area contributed by atoms with Crippen molar-refractivity contribution >= 4 is 35.0 Å². The van der Waals surface area contributed by atoms with Crippen LogP contribution in [0.15, 0.2) is 78.9 Å². The number of ether oxygens (including phenoxy) is 1. The van der Waals surface area contributed by atoms with Crippen LogP contribution < -0.4 is 4.90 Å². The van der Waals surface area contributed by atoms with Gasteiger partial charge < -0.3 is 24.5 Å². The second-order valence-corrected chi connectivity index (χ2v) is 11.4. The molecule has 5 atom stereocenters. The summed E-state index contributed by atoms with van der Waals surface area (Å²) in [4.78, 5) is 47.8. The molecule has 9 heteroatoms. The molecule has 2 saturated heterocycles. The van der Waals surface area contributed by atoms with Gasteiger partial charge in [-0.25, -0.2) is 0 Å². The number of likely N-dealkylation sites (tertiary alicyclic amines) is 1. The molecule has 40 heavy (non-hydrogen) atoms. The number of benzene rings is 2. The van der Waals surface area contributed by atoms with E-state index in [0.29, 0.717) is 30.2 Å². The minimum atomic E-state index is -1.35. The molecule has 0 aliphatic carbocycles. The Balaban J connectivity index is 1.43. The number of carbonyl (C=O) groups is 3. The highest BCUT2D eigenvalue weighted by Crippen LogP contribution is 2.57. The van der Waals surface area contributed by atoms with Crippen molar-refractivity contribution in [2.24, 2.45) is 11.8 Å². The summed E-state index contributed by atoms with van der Waals surface area (Å²) in [5.74, 6) is -2.55. The third-order valence-electron chi connectivity index (χ3n) is 8.56. The number of aliphatic hydroxyl groups is 1. The molecule has 2 aromatic carbocycles. The van der Waals surface area contributed by atoms with Crippen LogP contribution in [-0.4, -0.2) is 76.1 Å². The topological polar surface area (TPSA) is 90.4 Å². The fourth-order valence-electron chi connectivity index (χ4n) is 6.89. The Morgan fingerprint density at radius 1 is 0.925 bits per heavy atom. The number of fused-ring (bicyclic) bond motifs is 2. The highest BCUT2D eigenvalue weighted by molar-refractivity contribution is 6.34. The van der Waals surface area contributed by atoms with Crippen LogP contribution in [0.1, 0.15) is 18.9 Å². The summed E-state index contributed by atoms with van der Waals surface area (Å²) in [7, 11) is 0. The third-order valence-corrected chi connectivity index (χ3v) is 8.88. The molecule has 8 nitrogen and oxygen atoms in total. The average molecular weight is 562 g/mol. The molecule has 4 aliphatic rings. The number of carbonyl (C=O) groups excluding carboxylic acids is 3. The fraction of sp³-hybridized carbons (Fsp3) is 0.387. The van der Waals surface area contributed by atoms with Crippen LogP contribution in [0.4, 0.5) is 5.69 Å². The van der Waals surface area contributed by atoms with Gasteiger partial charge in [-0.15, -0.1) is 0 Å². The fourth-order valence-corrected chi connectivity index (χ4v) is 7.12. The number of nitrogens with zero attached hydrogens (tertiary/aromatic N) is 3. The molecular weight excluding hydrogens is 530 g/mol. The highest BCUT2D eigenvalue weighted by atomic mass is 35.5. The Hall–Kier alpha value is -3.46. The smallest absolute Gasteiger partial charge is 0.253 e. The van der Waals surface area contributed by atoms with Gasteiger partial charge in [-0.2, -0.15) is 0 Å². The van der Waals surface area contributed by atoms with Gasteiger partial charge in [0, 0.05) is 32.8 Å². The number of hydrogen-bond acceptors (Lipinski definition) is 5. The standard InChI is InChI=1S/C31H32ClN3O5/c1-30-14-7-16-33(20-21-10-3-2-4-11-21)27(37)24(30)25-28(38)35(18-9-19-36)26-29(39)34(17-8-15-31(25,26)40-30)23-13-6-5-12-22(23)32/h2-8,10-15,24-26,36H,9,16-20H2,1H3/t24-,25+,26?,30+,31+/m1/s1. The number of amides is 3. The minimum Gasteiger partial charge on any atom is -0.396 e. The molecule has 208 valence electrons. The van der Waals surface area contributed by atoms with E-state index >= 15 is 0 Å². The SMILES string of the molecule is C[C@]12C=CCN(Cc3ccccc3)C(=O)[C@H]1[C@H]1C(=O)N(CCCO)C3C(=O)N(c4ccccc4Cl)CC=C[C@@]31O2. The first-order valence-electron chi connectivity index (χ1n) is 13.7. The van der Waals surface area contributed by atoms with E-state index in [-0.39, 0.29) is 37.4 Å². The molecule has 0 bridgehead atoms. The number of hydrogen-bond donors (Lipinski definition) is 1. The largest absolute Gasteiger partial charge is 0.396 e. The number of aliphatic hydroxyl groups excluding tert-OH is 1. The molecule has 2 fully saturated rings. The lowest BCUT2D eigenvalue weighted by Gasteiger charge is -2.37. The second-order valence-electron chi connectivity index (χ2n) is 11.0. The minimum absolute atomic E-state index is 0.138. The summed E-state index contributed by atoms with van der Waals surface area (Å²) in [5, 5.41) is 10.0. The lowest BCUT2D eigenvalue weighted by Crippen LogP contribution is -2.56. The van der Waals surface area contributed by atoms with Crippen LogP contribution in [0.5, 0.6) is 0 Å². The summed E-state index contributed by atoms with van der Waals surface area (Å²) >= 11 is 6.50.